The van der Waals surface area contributed by atoms with E-state index in [1.165, 1.54) is 11.3 Å². The Balaban J connectivity index is 1.59. The number of ether oxygens (including phenoxy) is 1. The Hall–Kier alpha value is -2.73. The van der Waals surface area contributed by atoms with Crippen LogP contribution in [0.15, 0.2) is 52.4 Å². The zero-order valence-electron chi connectivity index (χ0n) is 13.7. The third-order valence-electron chi connectivity index (χ3n) is 3.69. The quantitative estimate of drug-likeness (QED) is 0.354. The summed E-state index contributed by atoms with van der Waals surface area (Å²) in [5, 5.41) is 5.84. The van der Waals surface area contributed by atoms with E-state index in [-0.39, 0.29) is 12.4 Å². The lowest BCUT2D eigenvalue weighted by Crippen LogP contribution is -2.09. The molecule has 0 saturated heterocycles. The van der Waals surface area contributed by atoms with Crippen molar-refractivity contribution >= 4 is 23.1 Å². The van der Waals surface area contributed by atoms with Gasteiger partial charge in [-0.25, -0.2) is 4.79 Å². The SMILES string of the molecule is Cc1onc(-c2ccccc2)c1C(=O)OCCCC(=O)c1cccs1. The summed E-state index contributed by atoms with van der Waals surface area (Å²) in [7, 11) is 0. The molecule has 3 rings (SSSR count). The lowest BCUT2D eigenvalue weighted by Gasteiger charge is -2.05. The Kier molecular flexibility index (Phi) is 5.40. The number of nitrogens with zero attached hydrogens (tertiary/aromatic N) is 1. The molecule has 0 N–H and O–H groups in total. The van der Waals surface area contributed by atoms with Crippen LogP contribution in [0, 0.1) is 6.92 Å². The summed E-state index contributed by atoms with van der Waals surface area (Å²) >= 11 is 1.42. The van der Waals surface area contributed by atoms with Crippen LogP contribution < -0.4 is 0 Å². The van der Waals surface area contributed by atoms with Gasteiger partial charge in [0, 0.05) is 12.0 Å². The number of hydrogen-bond donors (Lipinski definition) is 0. The van der Waals surface area contributed by atoms with Gasteiger partial charge in [0.25, 0.3) is 0 Å². The lowest BCUT2D eigenvalue weighted by molar-refractivity contribution is 0.0493. The van der Waals surface area contributed by atoms with Crippen LogP contribution in [0.3, 0.4) is 0 Å². The molecule has 0 saturated carbocycles. The molecule has 128 valence electrons. The van der Waals surface area contributed by atoms with Crippen LogP contribution in [-0.2, 0) is 4.74 Å². The number of thiophene rings is 1. The molecule has 2 heterocycles. The Bertz CT molecular complexity index is 853. The Morgan fingerprint density at radius 3 is 2.68 bits per heavy atom. The number of benzene rings is 1. The summed E-state index contributed by atoms with van der Waals surface area (Å²) in [5.41, 5.74) is 1.59. The van der Waals surface area contributed by atoms with E-state index in [2.05, 4.69) is 5.16 Å². The standard InChI is InChI=1S/C19H17NO4S/c1-13-17(18(20-24-13)14-7-3-2-4-8-14)19(22)23-11-5-9-15(21)16-10-6-12-25-16/h2-4,6-8,10,12H,5,9,11H2,1H3. The highest BCUT2D eigenvalue weighted by Gasteiger charge is 2.22. The maximum atomic E-state index is 12.4. The van der Waals surface area contributed by atoms with Crippen LogP contribution in [0.25, 0.3) is 11.3 Å². The molecule has 0 spiro atoms. The van der Waals surface area contributed by atoms with Crippen molar-refractivity contribution in [3.8, 4) is 11.3 Å². The first-order valence-electron chi connectivity index (χ1n) is 7.92. The summed E-state index contributed by atoms with van der Waals surface area (Å²) in [6.07, 6.45) is 0.829. The molecule has 2 aromatic heterocycles. The van der Waals surface area contributed by atoms with Crippen molar-refractivity contribution in [2.75, 3.05) is 6.61 Å². The van der Waals surface area contributed by atoms with Crippen molar-refractivity contribution in [2.24, 2.45) is 0 Å². The number of carbonyl (C=O) groups is 2. The van der Waals surface area contributed by atoms with Crippen LogP contribution in [0.1, 0.15) is 38.6 Å². The molecule has 0 aliphatic rings. The molecule has 5 nitrogen and oxygen atoms in total. The molecule has 0 atom stereocenters. The zero-order chi connectivity index (χ0) is 17.6. The van der Waals surface area contributed by atoms with Gasteiger partial charge in [-0.1, -0.05) is 41.6 Å². The van der Waals surface area contributed by atoms with Gasteiger partial charge < -0.3 is 9.26 Å². The minimum Gasteiger partial charge on any atom is -0.462 e. The number of rotatable bonds is 7. The molecule has 0 amide bonds. The van der Waals surface area contributed by atoms with Crippen LogP contribution in [0.5, 0.6) is 0 Å². The highest BCUT2D eigenvalue weighted by molar-refractivity contribution is 7.12. The van der Waals surface area contributed by atoms with Gasteiger partial charge in [-0.2, -0.15) is 0 Å². The van der Waals surface area contributed by atoms with Crippen molar-refractivity contribution in [1.29, 1.82) is 0 Å². The minimum atomic E-state index is -0.485. The van der Waals surface area contributed by atoms with Gasteiger partial charge in [0.15, 0.2) is 5.78 Å². The number of esters is 1. The average Bonchev–Trinajstić information content (AvgIpc) is 3.29. The smallest absolute Gasteiger partial charge is 0.344 e. The predicted octanol–water partition coefficient (Wildman–Crippen LogP) is 4.53. The molecule has 1 aromatic carbocycles. The van der Waals surface area contributed by atoms with E-state index in [0.717, 1.165) is 10.4 Å². The van der Waals surface area contributed by atoms with E-state index in [4.69, 9.17) is 9.26 Å². The predicted molar refractivity (Wildman–Crippen MR) is 94.8 cm³/mol. The van der Waals surface area contributed by atoms with Crippen molar-refractivity contribution in [3.63, 3.8) is 0 Å². The average molecular weight is 355 g/mol. The summed E-state index contributed by atoms with van der Waals surface area (Å²) in [4.78, 5) is 25.0. The molecular formula is C19H17NO4S. The molecule has 6 heteroatoms. The topological polar surface area (TPSA) is 69.4 Å². The van der Waals surface area contributed by atoms with E-state index in [0.29, 0.717) is 29.9 Å². The van der Waals surface area contributed by atoms with Crippen LogP contribution in [0.2, 0.25) is 0 Å². The Labute approximate surface area is 149 Å². The number of aromatic nitrogens is 1. The van der Waals surface area contributed by atoms with Gasteiger partial charge in [-0.15, -0.1) is 11.3 Å². The van der Waals surface area contributed by atoms with Gasteiger partial charge in [0.1, 0.15) is 17.0 Å². The fraction of sp³-hybridized carbons (Fsp3) is 0.211. The normalized spacial score (nSPS) is 10.6. The number of hydrogen-bond acceptors (Lipinski definition) is 6. The summed E-state index contributed by atoms with van der Waals surface area (Å²) in [6, 6.07) is 13.0. The van der Waals surface area contributed by atoms with Gasteiger partial charge in [0.2, 0.25) is 0 Å². The van der Waals surface area contributed by atoms with Crippen molar-refractivity contribution in [2.45, 2.75) is 19.8 Å². The third-order valence-corrected chi connectivity index (χ3v) is 4.60. The number of carbonyl (C=O) groups excluding carboxylic acids is 2. The fourth-order valence-electron chi connectivity index (χ4n) is 2.44. The van der Waals surface area contributed by atoms with Gasteiger partial charge in [-0.3, -0.25) is 4.79 Å². The lowest BCUT2D eigenvalue weighted by atomic mass is 10.1. The zero-order valence-corrected chi connectivity index (χ0v) is 14.5. The first-order valence-corrected chi connectivity index (χ1v) is 8.80. The molecule has 0 aliphatic heterocycles. The molecule has 0 fully saturated rings. The summed E-state index contributed by atoms with van der Waals surface area (Å²) in [5.74, 6) is -0.00290. The maximum Gasteiger partial charge on any atom is 0.344 e. The highest BCUT2D eigenvalue weighted by Crippen LogP contribution is 2.25. The van der Waals surface area contributed by atoms with E-state index < -0.39 is 5.97 Å². The molecule has 3 aromatic rings. The maximum absolute atomic E-state index is 12.4. The number of aryl methyl sites for hydroxylation is 1. The van der Waals surface area contributed by atoms with E-state index in [1.54, 1.807) is 13.0 Å². The fourth-order valence-corrected chi connectivity index (χ4v) is 3.13. The van der Waals surface area contributed by atoms with Crippen LogP contribution in [0.4, 0.5) is 0 Å². The first kappa shape index (κ1) is 17.1. The molecule has 0 bridgehead atoms. The molecule has 25 heavy (non-hydrogen) atoms. The van der Waals surface area contributed by atoms with Crippen LogP contribution >= 0.6 is 11.3 Å². The van der Waals surface area contributed by atoms with Crippen molar-refractivity contribution in [1.82, 2.24) is 5.16 Å². The second kappa shape index (κ2) is 7.90. The second-order valence-corrected chi connectivity index (χ2v) is 6.42. The molecule has 0 aliphatic carbocycles. The first-order chi connectivity index (χ1) is 12.2. The largest absolute Gasteiger partial charge is 0.462 e. The Morgan fingerprint density at radius 1 is 1.16 bits per heavy atom. The van der Waals surface area contributed by atoms with Gasteiger partial charge in [0.05, 0.1) is 11.5 Å². The second-order valence-electron chi connectivity index (χ2n) is 5.47. The number of Topliss-reactive ketones (excluding diaryl/α,β-unsaturated/α-hetero) is 1. The monoisotopic (exact) mass is 355 g/mol. The number of ketones is 1. The summed E-state index contributed by atoms with van der Waals surface area (Å²) in [6.45, 7) is 1.85. The minimum absolute atomic E-state index is 0.0668. The van der Waals surface area contributed by atoms with E-state index >= 15 is 0 Å². The van der Waals surface area contributed by atoms with Gasteiger partial charge in [-0.05, 0) is 24.8 Å². The third kappa shape index (κ3) is 4.03. The van der Waals surface area contributed by atoms with E-state index in [1.807, 2.05) is 41.8 Å². The molecule has 0 unspecified atom stereocenters. The van der Waals surface area contributed by atoms with Crippen LogP contribution in [-0.4, -0.2) is 23.5 Å². The van der Waals surface area contributed by atoms with Gasteiger partial charge >= 0.3 is 5.97 Å². The van der Waals surface area contributed by atoms with E-state index in [9.17, 15) is 9.59 Å². The Morgan fingerprint density at radius 2 is 1.96 bits per heavy atom. The van der Waals surface area contributed by atoms with Crippen molar-refractivity contribution < 1.29 is 18.8 Å². The highest BCUT2D eigenvalue weighted by atomic mass is 32.1. The summed E-state index contributed by atoms with van der Waals surface area (Å²) < 4.78 is 10.5. The molecular weight excluding hydrogens is 338 g/mol. The molecule has 0 radical (unpaired) electrons. The van der Waals surface area contributed by atoms with Crippen molar-refractivity contribution in [3.05, 3.63) is 64.0 Å².